The molecule has 4 heteroatoms. The molecule has 1 aromatic heterocycles. The highest BCUT2D eigenvalue weighted by Crippen LogP contribution is 2.18. The average molecular weight is 360 g/mol. The zero-order valence-electron chi connectivity index (χ0n) is 16.2. The van der Waals surface area contributed by atoms with Gasteiger partial charge in [-0.2, -0.15) is 0 Å². The summed E-state index contributed by atoms with van der Waals surface area (Å²) in [5, 5.41) is 2.87. The van der Waals surface area contributed by atoms with Gasteiger partial charge in [-0.3, -0.25) is 9.59 Å². The molecule has 0 saturated heterocycles. The molecule has 1 heterocycles. The van der Waals surface area contributed by atoms with E-state index in [0.29, 0.717) is 6.54 Å². The van der Waals surface area contributed by atoms with Gasteiger partial charge in [0.25, 0.3) is 11.5 Å². The van der Waals surface area contributed by atoms with Crippen LogP contribution >= 0.6 is 0 Å². The number of nitrogens with one attached hydrogen (secondary N) is 1. The highest BCUT2D eigenvalue weighted by atomic mass is 16.2. The normalized spacial score (nSPS) is 10.7. The smallest absolute Gasteiger partial charge is 0.263 e. The van der Waals surface area contributed by atoms with E-state index >= 15 is 0 Å². The molecule has 1 amide bonds. The van der Waals surface area contributed by atoms with E-state index in [1.54, 1.807) is 22.9 Å². The van der Waals surface area contributed by atoms with Crippen LogP contribution in [0.3, 0.4) is 0 Å². The molecule has 4 nitrogen and oxygen atoms in total. The van der Waals surface area contributed by atoms with Crippen molar-refractivity contribution in [2.45, 2.75) is 34.2 Å². The summed E-state index contributed by atoms with van der Waals surface area (Å²) in [6, 6.07) is 15.2. The molecule has 138 valence electrons. The molecule has 27 heavy (non-hydrogen) atoms. The van der Waals surface area contributed by atoms with Crippen LogP contribution in [0, 0.1) is 27.7 Å². The van der Waals surface area contributed by atoms with Crippen LogP contribution in [0.5, 0.6) is 0 Å². The maximum atomic E-state index is 12.9. The highest BCUT2D eigenvalue weighted by molar-refractivity contribution is 6.04. The third-order valence-corrected chi connectivity index (χ3v) is 4.96. The number of pyridine rings is 1. The van der Waals surface area contributed by atoms with Crippen molar-refractivity contribution in [1.29, 1.82) is 0 Å². The first kappa shape index (κ1) is 18.6. The molecule has 3 aromatic rings. The molecule has 1 N–H and O–H groups in total. The molecule has 0 bridgehead atoms. The van der Waals surface area contributed by atoms with Gasteiger partial charge in [0, 0.05) is 11.9 Å². The van der Waals surface area contributed by atoms with Crippen molar-refractivity contribution in [2.24, 2.45) is 0 Å². The van der Waals surface area contributed by atoms with E-state index in [0.717, 1.165) is 33.5 Å². The SMILES string of the molecule is Cc1ccc(C)c(Cn2cccc(C(=O)Nc3cccc(C)c3C)c2=O)c1. The Morgan fingerprint density at radius 1 is 0.963 bits per heavy atom. The minimum Gasteiger partial charge on any atom is -0.322 e. The predicted molar refractivity (Wildman–Crippen MR) is 110 cm³/mol. The quantitative estimate of drug-likeness (QED) is 0.750. The number of aryl methyl sites for hydroxylation is 3. The lowest BCUT2D eigenvalue weighted by atomic mass is 10.1. The summed E-state index contributed by atoms with van der Waals surface area (Å²) in [5.41, 5.74) is 6.01. The van der Waals surface area contributed by atoms with Gasteiger partial charge < -0.3 is 9.88 Å². The van der Waals surface area contributed by atoms with Gasteiger partial charge in [0.15, 0.2) is 0 Å². The number of nitrogens with zero attached hydrogens (tertiary/aromatic N) is 1. The second-order valence-electron chi connectivity index (χ2n) is 6.99. The Hall–Kier alpha value is -3.14. The summed E-state index contributed by atoms with van der Waals surface area (Å²) in [6.45, 7) is 8.44. The summed E-state index contributed by atoms with van der Waals surface area (Å²) in [5.74, 6) is -0.385. The highest BCUT2D eigenvalue weighted by Gasteiger charge is 2.14. The van der Waals surface area contributed by atoms with Crippen molar-refractivity contribution in [1.82, 2.24) is 4.57 Å². The van der Waals surface area contributed by atoms with Crippen LogP contribution in [0.25, 0.3) is 0 Å². The molecule has 0 saturated carbocycles. The minimum absolute atomic E-state index is 0.142. The van der Waals surface area contributed by atoms with Gasteiger partial charge in [0.05, 0.1) is 6.54 Å². The van der Waals surface area contributed by atoms with Gasteiger partial charge in [-0.25, -0.2) is 0 Å². The van der Waals surface area contributed by atoms with Gasteiger partial charge in [-0.05, 0) is 68.1 Å². The van der Waals surface area contributed by atoms with E-state index in [4.69, 9.17) is 0 Å². The monoisotopic (exact) mass is 360 g/mol. The van der Waals surface area contributed by atoms with Crippen molar-refractivity contribution in [3.63, 3.8) is 0 Å². The lowest BCUT2D eigenvalue weighted by molar-refractivity contribution is 0.102. The second kappa shape index (κ2) is 7.62. The molecule has 0 aliphatic carbocycles. The molecule has 0 unspecified atom stereocenters. The van der Waals surface area contributed by atoms with Crippen LogP contribution in [0.1, 0.15) is 38.2 Å². The van der Waals surface area contributed by atoms with Crippen molar-refractivity contribution < 1.29 is 4.79 Å². The van der Waals surface area contributed by atoms with Crippen LogP contribution in [-0.4, -0.2) is 10.5 Å². The molecular weight excluding hydrogens is 336 g/mol. The number of aromatic nitrogens is 1. The number of rotatable bonds is 4. The minimum atomic E-state index is -0.385. The standard InChI is InChI=1S/C23H24N2O2/c1-15-10-11-17(3)19(13-15)14-25-12-6-8-20(23(25)27)22(26)24-21-9-5-7-16(2)18(21)4/h5-13H,14H2,1-4H3,(H,24,26). The molecule has 0 aliphatic heterocycles. The fourth-order valence-electron chi connectivity index (χ4n) is 3.06. The van der Waals surface area contributed by atoms with Gasteiger partial charge >= 0.3 is 0 Å². The molecule has 0 fully saturated rings. The average Bonchev–Trinajstić information content (AvgIpc) is 2.63. The number of anilines is 1. The molecule has 0 spiro atoms. The summed E-state index contributed by atoms with van der Waals surface area (Å²) in [7, 11) is 0. The topological polar surface area (TPSA) is 51.1 Å². The number of benzene rings is 2. The first-order valence-corrected chi connectivity index (χ1v) is 9.00. The van der Waals surface area contributed by atoms with E-state index in [9.17, 15) is 9.59 Å². The Labute approximate surface area is 159 Å². The van der Waals surface area contributed by atoms with Crippen LogP contribution in [0.15, 0.2) is 59.5 Å². The maximum absolute atomic E-state index is 12.9. The lowest BCUT2D eigenvalue weighted by Gasteiger charge is -2.13. The lowest BCUT2D eigenvalue weighted by Crippen LogP contribution is -2.29. The fraction of sp³-hybridized carbons (Fsp3) is 0.217. The molecule has 0 atom stereocenters. The van der Waals surface area contributed by atoms with Gasteiger partial charge in [0.1, 0.15) is 5.56 Å². The van der Waals surface area contributed by atoms with Crippen LogP contribution in [0.2, 0.25) is 0 Å². The van der Waals surface area contributed by atoms with E-state index in [1.165, 1.54) is 0 Å². The molecule has 2 aromatic carbocycles. The Morgan fingerprint density at radius 2 is 1.74 bits per heavy atom. The number of hydrogen-bond donors (Lipinski definition) is 1. The maximum Gasteiger partial charge on any atom is 0.263 e. The van der Waals surface area contributed by atoms with Crippen molar-refractivity contribution in [3.05, 3.63) is 98.5 Å². The van der Waals surface area contributed by atoms with Crippen LogP contribution in [0.4, 0.5) is 5.69 Å². The summed E-state index contributed by atoms with van der Waals surface area (Å²) < 4.78 is 1.58. The fourth-order valence-corrected chi connectivity index (χ4v) is 3.06. The van der Waals surface area contributed by atoms with Crippen molar-refractivity contribution in [3.8, 4) is 0 Å². The zero-order chi connectivity index (χ0) is 19.6. The molecular formula is C23H24N2O2. The van der Waals surface area contributed by atoms with Gasteiger partial charge in [-0.1, -0.05) is 35.9 Å². The predicted octanol–water partition coefficient (Wildman–Crippen LogP) is 4.38. The summed E-state index contributed by atoms with van der Waals surface area (Å²) >= 11 is 0. The third kappa shape index (κ3) is 4.00. The Bertz CT molecular complexity index is 1060. The Kier molecular flexibility index (Phi) is 5.26. The number of carbonyl (C=O) groups excluding carboxylic acids is 1. The van der Waals surface area contributed by atoms with Gasteiger partial charge in [-0.15, -0.1) is 0 Å². The van der Waals surface area contributed by atoms with Crippen molar-refractivity contribution >= 4 is 11.6 Å². The second-order valence-corrected chi connectivity index (χ2v) is 6.99. The zero-order valence-corrected chi connectivity index (χ0v) is 16.2. The van der Waals surface area contributed by atoms with Crippen LogP contribution in [-0.2, 0) is 6.54 Å². The van der Waals surface area contributed by atoms with E-state index in [2.05, 4.69) is 17.4 Å². The van der Waals surface area contributed by atoms with Crippen molar-refractivity contribution in [2.75, 3.05) is 5.32 Å². The van der Waals surface area contributed by atoms with E-state index in [1.807, 2.05) is 52.0 Å². The molecule has 0 radical (unpaired) electrons. The first-order valence-electron chi connectivity index (χ1n) is 9.00. The molecule has 3 rings (SSSR count). The van der Waals surface area contributed by atoms with E-state index in [-0.39, 0.29) is 17.0 Å². The summed E-state index contributed by atoms with van der Waals surface area (Å²) in [6.07, 6.45) is 1.72. The Balaban J connectivity index is 1.90. The van der Waals surface area contributed by atoms with Gasteiger partial charge in [0.2, 0.25) is 0 Å². The largest absolute Gasteiger partial charge is 0.322 e. The Morgan fingerprint density at radius 3 is 2.52 bits per heavy atom. The third-order valence-electron chi connectivity index (χ3n) is 4.96. The first-order chi connectivity index (χ1) is 12.9. The number of hydrogen-bond acceptors (Lipinski definition) is 2. The number of amides is 1. The molecule has 0 aliphatic rings. The van der Waals surface area contributed by atoms with Crippen LogP contribution < -0.4 is 10.9 Å². The van der Waals surface area contributed by atoms with E-state index < -0.39 is 0 Å². The summed E-state index contributed by atoms with van der Waals surface area (Å²) in [4.78, 5) is 25.6. The number of carbonyl (C=O) groups is 1.